The van der Waals surface area contributed by atoms with E-state index < -0.39 is 0 Å². The Morgan fingerprint density at radius 2 is 0.917 bits per heavy atom. The Morgan fingerprint density at radius 3 is 1.77 bits per heavy atom. The highest BCUT2D eigenvalue weighted by molar-refractivity contribution is 7.25. The summed E-state index contributed by atoms with van der Waals surface area (Å²) in [7, 11) is 0. The predicted molar refractivity (Wildman–Crippen MR) is 208 cm³/mol. The number of hydrogen-bond acceptors (Lipinski definition) is 2. The van der Waals surface area contributed by atoms with Crippen LogP contribution in [-0.4, -0.2) is 0 Å². The van der Waals surface area contributed by atoms with Crippen LogP contribution < -0.4 is 0 Å². The van der Waals surface area contributed by atoms with Crippen LogP contribution in [0.15, 0.2) is 162 Å². The molecule has 9 aromatic carbocycles. The maximum atomic E-state index is 6.53. The Labute approximate surface area is 279 Å². The van der Waals surface area contributed by atoms with Crippen molar-refractivity contribution in [2.45, 2.75) is 0 Å². The van der Waals surface area contributed by atoms with E-state index in [4.69, 9.17) is 4.42 Å². The summed E-state index contributed by atoms with van der Waals surface area (Å²) in [6.45, 7) is 0. The Balaban J connectivity index is 1.08. The van der Waals surface area contributed by atoms with Gasteiger partial charge in [0.2, 0.25) is 0 Å². The van der Waals surface area contributed by atoms with Crippen LogP contribution in [0.2, 0.25) is 0 Å². The zero-order valence-corrected chi connectivity index (χ0v) is 26.6. The van der Waals surface area contributed by atoms with Gasteiger partial charge in [-0.25, -0.2) is 0 Å². The van der Waals surface area contributed by atoms with Gasteiger partial charge in [-0.05, 0) is 90.3 Å². The highest BCUT2D eigenvalue weighted by Gasteiger charge is 2.17. The maximum absolute atomic E-state index is 6.53. The second-order valence-electron chi connectivity index (χ2n) is 12.8. The molecule has 0 atom stereocenters. The van der Waals surface area contributed by atoms with E-state index in [0.29, 0.717) is 0 Å². The van der Waals surface area contributed by atoms with Crippen molar-refractivity contribution >= 4 is 96.5 Å². The summed E-state index contributed by atoms with van der Waals surface area (Å²) in [6.07, 6.45) is 0. The van der Waals surface area contributed by atoms with E-state index in [1.807, 2.05) is 17.4 Å². The molecule has 2 heterocycles. The highest BCUT2D eigenvalue weighted by Crippen LogP contribution is 2.44. The Bertz CT molecular complexity index is 3100. The van der Waals surface area contributed by atoms with Gasteiger partial charge in [-0.3, -0.25) is 0 Å². The van der Waals surface area contributed by atoms with Crippen molar-refractivity contribution in [3.05, 3.63) is 158 Å². The molecule has 0 aliphatic heterocycles. The SMILES string of the molecule is c1ccc2c(-c3ccc4c(c3)sc3cc(-c5ccc6c(c5)c5ccccc5c5c6ccc6c7ccccc7oc65)ccc34)cccc2c1. The molecule has 0 amide bonds. The van der Waals surface area contributed by atoms with Crippen molar-refractivity contribution in [3.63, 3.8) is 0 Å². The molecule has 48 heavy (non-hydrogen) atoms. The van der Waals surface area contributed by atoms with Gasteiger partial charge in [-0.2, -0.15) is 0 Å². The minimum Gasteiger partial charge on any atom is -0.455 e. The largest absolute Gasteiger partial charge is 0.455 e. The van der Waals surface area contributed by atoms with Crippen molar-refractivity contribution in [1.82, 2.24) is 0 Å². The fraction of sp³-hybridized carbons (Fsp3) is 0. The molecule has 0 unspecified atom stereocenters. The van der Waals surface area contributed by atoms with E-state index in [1.54, 1.807) is 0 Å². The fourth-order valence-electron chi connectivity index (χ4n) is 8.00. The Hall–Kier alpha value is -5.96. The highest BCUT2D eigenvalue weighted by atomic mass is 32.1. The third-order valence-electron chi connectivity index (χ3n) is 10.3. The summed E-state index contributed by atoms with van der Waals surface area (Å²) < 4.78 is 9.17. The molecule has 0 spiro atoms. The molecule has 0 saturated carbocycles. The molecule has 0 aliphatic carbocycles. The van der Waals surface area contributed by atoms with Crippen LogP contribution in [0.1, 0.15) is 0 Å². The summed E-state index contributed by atoms with van der Waals surface area (Å²) in [5.74, 6) is 0. The zero-order valence-electron chi connectivity index (χ0n) is 25.8. The van der Waals surface area contributed by atoms with E-state index in [1.165, 1.54) is 90.9 Å². The topological polar surface area (TPSA) is 13.1 Å². The number of furan rings is 1. The lowest BCUT2D eigenvalue weighted by Gasteiger charge is -2.12. The van der Waals surface area contributed by atoms with Gasteiger partial charge in [0.1, 0.15) is 11.2 Å². The van der Waals surface area contributed by atoms with Gasteiger partial charge in [0.25, 0.3) is 0 Å². The second-order valence-corrected chi connectivity index (χ2v) is 13.9. The Kier molecular flexibility index (Phi) is 5.32. The second kappa shape index (κ2) is 9.78. The molecule has 222 valence electrons. The van der Waals surface area contributed by atoms with Crippen LogP contribution in [0.4, 0.5) is 0 Å². The Morgan fingerprint density at radius 1 is 0.354 bits per heavy atom. The van der Waals surface area contributed by atoms with Crippen LogP contribution in [0.25, 0.3) is 107 Å². The van der Waals surface area contributed by atoms with Gasteiger partial charge in [-0.1, -0.05) is 127 Å². The average molecular weight is 627 g/mol. The summed E-state index contributed by atoms with van der Waals surface area (Å²) in [5, 5.41) is 14.9. The number of para-hydroxylation sites is 1. The van der Waals surface area contributed by atoms with Gasteiger partial charge in [-0.15, -0.1) is 11.3 Å². The van der Waals surface area contributed by atoms with Gasteiger partial charge >= 0.3 is 0 Å². The van der Waals surface area contributed by atoms with Crippen LogP contribution >= 0.6 is 11.3 Å². The first kappa shape index (κ1) is 26.1. The number of benzene rings is 9. The van der Waals surface area contributed by atoms with E-state index >= 15 is 0 Å². The normalized spacial score (nSPS) is 12.2. The third kappa shape index (κ3) is 3.66. The van der Waals surface area contributed by atoms with Crippen molar-refractivity contribution < 1.29 is 4.42 Å². The van der Waals surface area contributed by atoms with E-state index in [0.717, 1.165) is 16.6 Å². The summed E-state index contributed by atoms with van der Waals surface area (Å²) in [6, 6.07) is 57.8. The van der Waals surface area contributed by atoms with E-state index in [9.17, 15) is 0 Å². The van der Waals surface area contributed by atoms with E-state index in [-0.39, 0.29) is 0 Å². The minimum atomic E-state index is 0.931. The van der Waals surface area contributed by atoms with Crippen molar-refractivity contribution in [2.75, 3.05) is 0 Å². The molecule has 11 aromatic rings. The molecule has 0 bridgehead atoms. The first-order valence-corrected chi connectivity index (χ1v) is 17.2. The molecular weight excluding hydrogens is 601 g/mol. The van der Waals surface area contributed by atoms with Crippen molar-refractivity contribution in [3.8, 4) is 22.3 Å². The first-order valence-electron chi connectivity index (χ1n) is 16.4. The minimum absolute atomic E-state index is 0.931. The average Bonchev–Trinajstić information content (AvgIpc) is 3.72. The quantitative estimate of drug-likeness (QED) is 0.174. The van der Waals surface area contributed by atoms with Gasteiger partial charge in [0.05, 0.1) is 0 Å². The zero-order chi connectivity index (χ0) is 31.3. The monoisotopic (exact) mass is 626 g/mol. The van der Waals surface area contributed by atoms with Crippen LogP contribution in [0, 0.1) is 0 Å². The third-order valence-corrected chi connectivity index (χ3v) is 11.4. The summed E-state index contributed by atoms with van der Waals surface area (Å²) >= 11 is 1.89. The van der Waals surface area contributed by atoms with Crippen molar-refractivity contribution in [2.24, 2.45) is 0 Å². The molecule has 0 radical (unpaired) electrons. The lowest BCUT2D eigenvalue weighted by atomic mass is 9.91. The van der Waals surface area contributed by atoms with Gasteiger partial charge in [0, 0.05) is 36.3 Å². The smallest absolute Gasteiger partial charge is 0.143 e. The molecular formula is C46H26OS. The van der Waals surface area contributed by atoms with Crippen LogP contribution in [0.5, 0.6) is 0 Å². The lowest BCUT2D eigenvalue weighted by molar-refractivity contribution is 0.673. The molecule has 0 fully saturated rings. The van der Waals surface area contributed by atoms with Crippen LogP contribution in [-0.2, 0) is 0 Å². The molecule has 2 aromatic heterocycles. The molecule has 1 nitrogen and oxygen atoms in total. The molecule has 0 aliphatic rings. The molecule has 0 saturated heterocycles. The number of thiophene rings is 1. The maximum Gasteiger partial charge on any atom is 0.143 e. The molecule has 0 N–H and O–H groups in total. The fourth-order valence-corrected chi connectivity index (χ4v) is 9.18. The van der Waals surface area contributed by atoms with Gasteiger partial charge < -0.3 is 4.42 Å². The van der Waals surface area contributed by atoms with E-state index in [2.05, 4.69) is 152 Å². The standard InChI is InChI=1S/C46H26OS/c1-2-10-31-27(8-1)9-7-14-32(31)30-18-21-37-36-20-17-29(25-43(36)48-44(37)26-30)28-16-19-34-39-22-23-40-35-12-5-6-15-42(35)47-46(40)45(39)38-13-4-3-11-33(38)41(34)24-28/h1-26H. The summed E-state index contributed by atoms with van der Waals surface area (Å²) in [5.41, 5.74) is 6.91. The number of rotatable bonds is 2. The molecule has 2 heteroatoms. The number of fused-ring (bicyclic) bond motifs is 14. The number of hydrogen-bond donors (Lipinski definition) is 0. The molecule has 11 rings (SSSR count). The van der Waals surface area contributed by atoms with Crippen molar-refractivity contribution in [1.29, 1.82) is 0 Å². The van der Waals surface area contributed by atoms with Crippen LogP contribution in [0.3, 0.4) is 0 Å². The summed E-state index contributed by atoms with van der Waals surface area (Å²) in [4.78, 5) is 0. The van der Waals surface area contributed by atoms with Gasteiger partial charge in [0.15, 0.2) is 0 Å². The first-order chi connectivity index (χ1) is 23.8. The lowest BCUT2D eigenvalue weighted by Crippen LogP contribution is -1.85. The predicted octanol–water partition coefficient (Wildman–Crippen LogP) is 13.9.